The summed E-state index contributed by atoms with van der Waals surface area (Å²) in [5, 5.41) is 9.21. The highest BCUT2D eigenvalue weighted by Crippen LogP contribution is 2.31. The number of hydrogen-bond donors (Lipinski definition) is 0. The van der Waals surface area contributed by atoms with Crippen LogP contribution in [0.25, 0.3) is 5.41 Å². The van der Waals surface area contributed by atoms with Crippen molar-refractivity contribution in [2.24, 2.45) is 0 Å². The lowest BCUT2D eigenvalue weighted by Crippen LogP contribution is -2.10. The summed E-state index contributed by atoms with van der Waals surface area (Å²) in [4.78, 5) is 2.77. The van der Waals surface area contributed by atoms with E-state index >= 15 is 0 Å². The van der Waals surface area contributed by atoms with E-state index in [0.29, 0.717) is 0 Å². The minimum atomic E-state index is -2.30. The van der Waals surface area contributed by atoms with E-state index in [1.807, 2.05) is 0 Å². The van der Waals surface area contributed by atoms with Crippen LogP contribution in [0.15, 0.2) is 35.2 Å². The lowest BCUT2D eigenvalue weighted by molar-refractivity contribution is -0.111. The van der Waals surface area contributed by atoms with Crippen LogP contribution in [-0.2, 0) is 9.22 Å². The predicted octanol–water partition coefficient (Wildman–Crippen LogP) is 4.34. The molecule has 0 radical (unpaired) electrons. The normalized spacial score (nSPS) is 10.5. The van der Waals surface area contributed by atoms with Gasteiger partial charge in [0.15, 0.2) is 23.3 Å². The molecule has 0 amide bonds. The second-order valence-electron chi connectivity index (χ2n) is 3.81. The minimum Gasteiger partial charge on any atom is -0.733 e. The molecule has 0 fully saturated rings. The Morgan fingerprint density at radius 3 is 1.91 bits per heavy atom. The summed E-state index contributed by atoms with van der Waals surface area (Å²) in [5.41, 5.74) is 0. The van der Waals surface area contributed by atoms with Crippen LogP contribution >= 0.6 is 12.0 Å². The van der Waals surface area contributed by atoms with Crippen LogP contribution in [0.4, 0.5) is 22.0 Å². The number of nitrogens with zero attached hydrogens (tertiary/aromatic N) is 1. The first kappa shape index (κ1) is 17.0. The quantitative estimate of drug-likeness (QED) is 0.120. The van der Waals surface area contributed by atoms with Gasteiger partial charge in [0.05, 0.1) is 12.0 Å². The summed E-state index contributed by atoms with van der Waals surface area (Å²) in [6.07, 6.45) is -1.16. The van der Waals surface area contributed by atoms with Crippen LogP contribution in [0.1, 0.15) is 0 Å². The maximum atomic E-state index is 13.3. The van der Waals surface area contributed by atoms with E-state index in [9.17, 15) is 27.4 Å². The van der Waals surface area contributed by atoms with Crippen molar-refractivity contribution in [1.29, 1.82) is 0 Å². The molecule has 2 aromatic carbocycles. The topological polar surface area (TPSA) is 50.0 Å². The van der Waals surface area contributed by atoms with Gasteiger partial charge >= 0.3 is 0 Å². The summed E-state index contributed by atoms with van der Waals surface area (Å²) in [5.74, 6) is -10.6. The van der Waals surface area contributed by atoms with Crippen LogP contribution in [0.5, 0.6) is 5.75 Å². The first-order valence-electron chi connectivity index (χ1n) is 5.73. The van der Waals surface area contributed by atoms with Gasteiger partial charge in [-0.25, -0.2) is 22.0 Å². The maximum absolute atomic E-state index is 13.3. The Morgan fingerprint density at radius 2 is 1.35 bits per heavy atom. The summed E-state index contributed by atoms with van der Waals surface area (Å²) in [6.45, 7) is 0. The maximum Gasteiger partial charge on any atom is 0.205 e. The molecule has 0 aromatic heterocycles. The monoisotopic (exact) mass is 350 g/mol. The molecule has 10 heteroatoms. The van der Waals surface area contributed by atoms with Crippen molar-refractivity contribution in [2.45, 2.75) is 4.90 Å². The largest absolute Gasteiger partial charge is 0.733 e. The molecular formula is C13H5F5NO3S-. The van der Waals surface area contributed by atoms with Crippen molar-refractivity contribution < 1.29 is 35.9 Å². The first-order valence-corrected chi connectivity index (χ1v) is 6.47. The summed E-state index contributed by atoms with van der Waals surface area (Å²) < 4.78 is 74.1. The SMILES string of the molecule is [N-]=C(OOSc1c(F)c(F)c(F)c(F)c1F)Oc1ccccc1. The van der Waals surface area contributed by atoms with Crippen molar-refractivity contribution in [3.63, 3.8) is 0 Å². The molecule has 0 bridgehead atoms. The standard InChI is InChI=1S/C13H5F5NO3S/c14-7-8(15)10(17)12(11(18)9(7)16)23-22-21-13(19)20-6-4-2-1-3-5-6/h1-5H/q-1. The fraction of sp³-hybridized carbons (Fsp3) is 0. The van der Waals surface area contributed by atoms with Gasteiger partial charge in [0, 0.05) is 0 Å². The highest BCUT2D eigenvalue weighted by atomic mass is 32.2. The van der Waals surface area contributed by atoms with Crippen molar-refractivity contribution >= 4 is 18.1 Å². The summed E-state index contributed by atoms with van der Waals surface area (Å²) >= 11 is -0.330. The molecule has 0 heterocycles. The van der Waals surface area contributed by atoms with E-state index in [-0.39, 0.29) is 17.8 Å². The van der Waals surface area contributed by atoms with E-state index in [1.165, 1.54) is 12.1 Å². The molecule has 2 rings (SSSR count). The van der Waals surface area contributed by atoms with E-state index in [0.717, 1.165) is 0 Å². The Morgan fingerprint density at radius 1 is 0.826 bits per heavy atom. The van der Waals surface area contributed by atoms with Crippen molar-refractivity contribution in [3.05, 3.63) is 64.8 Å². The average molecular weight is 350 g/mol. The van der Waals surface area contributed by atoms with Crippen molar-refractivity contribution in [3.8, 4) is 5.75 Å². The summed E-state index contributed by atoms with van der Waals surface area (Å²) in [7, 11) is 0. The molecule has 0 unspecified atom stereocenters. The molecule has 23 heavy (non-hydrogen) atoms. The first-order chi connectivity index (χ1) is 10.9. The van der Waals surface area contributed by atoms with Crippen LogP contribution < -0.4 is 4.74 Å². The number of hydrogen-bond acceptors (Lipinski definition) is 4. The number of ether oxygens (including phenoxy) is 1. The third-order valence-corrected chi connectivity index (χ3v) is 3.00. The number of para-hydroxylation sites is 1. The summed E-state index contributed by atoms with van der Waals surface area (Å²) in [6, 6.07) is 7.70. The van der Waals surface area contributed by atoms with Gasteiger partial charge in [-0.05, 0) is 12.1 Å². The Labute approximate surface area is 130 Å². The Balaban J connectivity index is 1.98. The van der Waals surface area contributed by atoms with Crippen LogP contribution in [0.3, 0.4) is 0 Å². The Hall–Kier alpha value is -2.33. The molecule has 0 aliphatic carbocycles. The fourth-order valence-electron chi connectivity index (χ4n) is 1.34. The van der Waals surface area contributed by atoms with Gasteiger partial charge in [0.25, 0.3) is 0 Å². The molecule has 0 N–H and O–H groups in total. The molecule has 122 valence electrons. The Kier molecular flexibility index (Phi) is 5.40. The van der Waals surface area contributed by atoms with Crippen LogP contribution in [0.2, 0.25) is 0 Å². The van der Waals surface area contributed by atoms with Gasteiger partial charge in [-0.2, -0.15) is 0 Å². The third-order valence-electron chi connectivity index (χ3n) is 2.34. The zero-order chi connectivity index (χ0) is 17.0. The molecule has 4 nitrogen and oxygen atoms in total. The molecule has 0 atom stereocenters. The van der Waals surface area contributed by atoms with Gasteiger partial charge in [0.2, 0.25) is 11.9 Å². The van der Waals surface area contributed by atoms with E-state index < -0.39 is 40.1 Å². The average Bonchev–Trinajstić information content (AvgIpc) is 2.55. The van der Waals surface area contributed by atoms with E-state index in [1.54, 1.807) is 18.2 Å². The lowest BCUT2D eigenvalue weighted by atomic mass is 10.3. The van der Waals surface area contributed by atoms with Crippen molar-refractivity contribution in [2.75, 3.05) is 0 Å². The fourth-order valence-corrected chi connectivity index (χ4v) is 1.83. The van der Waals surface area contributed by atoms with Gasteiger partial charge in [-0.1, -0.05) is 18.2 Å². The van der Waals surface area contributed by atoms with Gasteiger partial charge in [0.1, 0.15) is 10.6 Å². The van der Waals surface area contributed by atoms with Gasteiger partial charge in [-0.15, -0.1) is 4.33 Å². The van der Waals surface area contributed by atoms with E-state index in [2.05, 4.69) is 9.22 Å². The molecule has 0 spiro atoms. The number of rotatable bonds is 4. The third kappa shape index (κ3) is 3.90. The van der Waals surface area contributed by atoms with Gasteiger partial charge < -0.3 is 15.0 Å². The molecule has 0 saturated heterocycles. The molecular weight excluding hydrogens is 345 g/mol. The minimum absolute atomic E-state index is 0.148. The van der Waals surface area contributed by atoms with Crippen LogP contribution in [0, 0.1) is 29.1 Å². The smallest absolute Gasteiger partial charge is 0.205 e. The second-order valence-corrected chi connectivity index (χ2v) is 4.53. The molecule has 0 saturated carbocycles. The number of benzene rings is 2. The van der Waals surface area contributed by atoms with Crippen LogP contribution in [-0.4, -0.2) is 6.08 Å². The molecule has 0 aliphatic rings. The molecule has 2 aromatic rings. The van der Waals surface area contributed by atoms with E-state index in [4.69, 9.17) is 4.74 Å². The lowest BCUT2D eigenvalue weighted by Gasteiger charge is -2.13. The number of halogens is 5. The highest BCUT2D eigenvalue weighted by molar-refractivity contribution is 7.94. The highest BCUT2D eigenvalue weighted by Gasteiger charge is 2.27. The predicted molar refractivity (Wildman–Crippen MR) is 69.7 cm³/mol. The van der Waals surface area contributed by atoms with Gasteiger partial charge in [-0.3, -0.25) is 0 Å². The Bertz CT molecular complexity index is 700. The van der Waals surface area contributed by atoms with Crippen molar-refractivity contribution in [1.82, 2.24) is 0 Å². The second kappa shape index (κ2) is 7.29. The zero-order valence-electron chi connectivity index (χ0n) is 10.9. The zero-order valence-corrected chi connectivity index (χ0v) is 11.7. The molecule has 0 aliphatic heterocycles.